The van der Waals surface area contributed by atoms with Gasteiger partial charge in [0.2, 0.25) is 0 Å². The molecule has 1 aromatic rings. The first-order chi connectivity index (χ1) is 7.65. The lowest BCUT2D eigenvalue weighted by Gasteiger charge is -2.32. The zero-order valence-electron chi connectivity index (χ0n) is 9.08. The molecule has 0 radical (unpaired) electrons. The Morgan fingerprint density at radius 2 is 2.06 bits per heavy atom. The van der Waals surface area contributed by atoms with Gasteiger partial charge in [-0.05, 0) is 29.0 Å². The third kappa shape index (κ3) is 2.90. The van der Waals surface area contributed by atoms with E-state index in [0.717, 1.165) is 26.2 Å². The first kappa shape index (κ1) is 11.8. The molecular formula is C10H14BrFN4. The maximum Gasteiger partial charge on any atom is 0.176 e. The van der Waals surface area contributed by atoms with Gasteiger partial charge in [-0.3, -0.25) is 0 Å². The molecular weight excluding hydrogens is 275 g/mol. The number of hydrazine groups is 1. The van der Waals surface area contributed by atoms with E-state index in [9.17, 15) is 4.39 Å². The van der Waals surface area contributed by atoms with E-state index in [1.165, 1.54) is 6.07 Å². The van der Waals surface area contributed by atoms with Crippen LogP contribution in [0.25, 0.3) is 0 Å². The molecule has 2 heterocycles. The minimum absolute atomic E-state index is 0.285. The maximum absolute atomic E-state index is 13.5. The number of pyridine rings is 1. The van der Waals surface area contributed by atoms with E-state index in [2.05, 4.69) is 38.3 Å². The summed E-state index contributed by atoms with van der Waals surface area (Å²) in [4.78, 5) is 6.24. The summed E-state index contributed by atoms with van der Waals surface area (Å²) in [5.74, 6) is -0.0546. The van der Waals surface area contributed by atoms with Crippen LogP contribution in [0.15, 0.2) is 16.7 Å². The number of aromatic nitrogens is 1. The van der Waals surface area contributed by atoms with Gasteiger partial charge in [0.25, 0.3) is 0 Å². The second-order valence-electron chi connectivity index (χ2n) is 3.89. The molecule has 1 N–H and O–H groups in total. The standard InChI is InChI=1S/C10H14BrFN4/c1-15-2-4-16(5-3-15)14-10-9(12)6-8(11)7-13-10/h6-7H,2-5H2,1H3,(H,13,14). The molecule has 0 aliphatic carbocycles. The molecule has 1 aliphatic heterocycles. The second-order valence-corrected chi connectivity index (χ2v) is 4.80. The average molecular weight is 289 g/mol. The first-order valence-corrected chi connectivity index (χ1v) is 5.95. The minimum Gasteiger partial charge on any atom is -0.304 e. The number of nitrogens with zero attached hydrogens (tertiary/aromatic N) is 3. The predicted molar refractivity (Wildman–Crippen MR) is 64.6 cm³/mol. The molecule has 1 aliphatic rings. The van der Waals surface area contributed by atoms with Crippen molar-refractivity contribution >= 4 is 21.7 Å². The summed E-state index contributed by atoms with van der Waals surface area (Å²) in [5, 5.41) is 1.99. The van der Waals surface area contributed by atoms with E-state index < -0.39 is 0 Å². The van der Waals surface area contributed by atoms with Gasteiger partial charge in [0.15, 0.2) is 11.6 Å². The molecule has 6 heteroatoms. The molecule has 1 saturated heterocycles. The number of piperazine rings is 1. The van der Waals surface area contributed by atoms with Gasteiger partial charge in [0, 0.05) is 36.8 Å². The van der Waals surface area contributed by atoms with Crippen LogP contribution in [-0.2, 0) is 0 Å². The first-order valence-electron chi connectivity index (χ1n) is 5.16. The summed E-state index contributed by atoms with van der Waals surface area (Å²) in [6, 6.07) is 1.41. The SMILES string of the molecule is CN1CCN(Nc2ncc(Br)cc2F)CC1. The van der Waals surface area contributed by atoms with Crippen molar-refractivity contribution in [2.24, 2.45) is 0 Å². The zero-order valence-corrected chi connectivity index (χ0v) is 10.7. The largest absolute Gasteiger partial charge is 0.304 e. The zero-order chi connectivity index (χ0) is 11.5. The number of halogens is 2. The molecule has 0 saturated carbocycles. The van der Waals surface area contributed by atoms with Crippen molar-refractivity contribution < 1.29 is 4.39 Å². The molecule has 2 rings (SSSR count). The third-order valence-corrected chi connectivity index (χ3v) is 3.01. The summed E-state index contributed by atoms with van der Waals surface area (Å²) in [7, 11) is 2.08. The normalized spacial score (nSPS) is 18.7. The lowest BCUT2D eigenvalue weighted by molar-refractivity contribution is 0.178. The van der Waals surface area contributed by atoms with Gasteiger partial charge >= 0.3 is 0 Å². The molecule has 16 heavy (non-hydrogen) atoms. The van der Waals surface area contributed by atoms with Gasteiger partial charge in [-0.25, -0.2) is 14.4 Å². The van der Waals surface area contributed by atoms with Crippen LogP contribution in [0.3, 0.4) is 0 Å². The molecule has 88 valence electrons. The number of rotatable bonds is 2. The van der Waals surface area contributed by atoms with Crippen LogP contribution >= 0.6 is 15.9 Å². The van der Waals surface area contributed by atoms with E-state index in [-0.39, 0.29) is 11.6 Å². The molecule has 1 fully saturated rings. The van der Waals surface area contributed by atoms with Crippen LogP contribution in [0.2, 0.25) is 0 Å². The molecule has 0 atom stereocenters. The van der Waals surface area contributed by atoms with Crippen LogP contribution in [0, 0.1) is 5.82 Å². The quantitative estimate of drug-likeness (QED) is 0.895. The second kappa shape index (κ2) is 5.07. The number of nitrogens with one attached hydrogen (secondary N) is 1. The Hall–Kier alpha value is -0.720. The Bertz CT molecular complexity index is 366. The fourth-order valence-corrected chi connectivity index (χ4v) is 1.87. The van der Waals surface area contributed by atoms with E-state index in [4.69, 9.17) is 0 Å². The van der Waals surface area contributed by atoms with Crippen LogP contribution in [0.5, 0.6) is 0 Å². The molecule has 0 unspecified atom stereocenters. The van der Waals surface area contributed by atoms with Gasteiger partial charge in [-0.2, -0.15) is 0 Å². The highest BCUT2D eigenvalue weighted by atomic mass is 79.9. The van der Waals surface area contributed by atoms with Crippen molar-refractivity contribution in [2.75, 3.05) is 38.7 Å². The maximum atomic E-state index is 13.5. The third-order valence-electron chi connectivity index (χ3n) is 2.58. The lowest BCUT2D eigenvalue weighted by Crippen LogP contribution is -2.47. The van der Waals surface area contributed by atoms with Crippen molar-refractivity contribution in [2.45, 2.75) is 0 Å². The fraction of sp³-hybridized carbons (Fsp3) is 0.500. The van der Waals surface area contributed by atoms with Crippen LogP contribution in [0.4, 0.5) is 10.2 Å². The number of anilines is 1. The summed E-state index contributed by atoms with van der Waals surface area (Å²) in [6.07, 6.45) is 1.58. The molecule has 0 spiro atoms. The van der Waals surface area contributed by atoms with Gasteiger partial charge in [0.1, 0.15) is 0 Å². The van der Waals surface area contributed by atoms with Crippen molar-refractivity contribution in [1.29, 1.82) is 0 Å². The fourth-order valence-electron chi connectivity index (χ4n) is 1.56. The van der Waals surface area contributed by atoms with E-state index in [1.807, 2.05) is 5.01 Å². The van der Waals surface area contributed by atoms with Crippen LogP contribution in [-0.4, -0.2) is 48.1 Å². The molecule has 4 nitrogen and oxygen atoms in total. The van der Waals surface area contributed by atoms with Crippen molar-refractivity contribution in [3.63, 3.8) is 0 Å². The molecule has 1 aromatic heterocycles. The highest BCUT2D eigenvalue weighted by molar-refractivity contribution is 9.10. The summed E-state index contributed by atoms with van der Waals surface area (Å²) < 4.78 is 14.1. The average Bonchev–Trinajstić information content (AvgIpc) is 2.25. The topological polar surface area (TPSA) is 31.4 Å². The van der Waals surface area contributed by atoms with Crippen LogP contribution < -0.4 is 5.43 Å². The Kier molecular flexibility index (Phi) is 3.73. The Morgan fingerprint density at radius 1 is 1.38 bits per heavy atom. The number of likely N-dealkylation sites (N-methyl/N-ethyl adjacent to an activating group) is 1. The van der Waals surface area contributed by atoms with Gasteiger partial charge in [-0.15, -0.1) is 0 Å². The predicted octanol–water partition coefficient (Wildman–Crippen LogP) is 1.56. The summed E-state index contributed by atoms with van der Waals surface area (Å²) in [6.45, 7) is 3.69. The van der Waals surface area contributed by atoms with E-state index in [0.29, 0.717) is 4.47 Å². The van der Waals surface area contributed by atoms with Crippen molar-refractivity contribution in [1.82, 2.24) is 14.9 Å². The van der Waals surface area contributed by atoms with E-state index >= 15 is 0 Å². The van der Waals surface area contributed by atoms with Gasteiger partial charge in [0.05, 0.1) is 0 Å². The minimum atomic E-state index is -0.340. The molecule has 0 amide bonds. The molecule has 0 aromatic carbocycles. The monoisotopic (exact) mass is 288 g/mol. The van der Waals surface area contributed by atoms with Gasteiger partial charge in [-0.1, -0.05) is 0 Å². The van der Waals surface area contributed by atoms with E-state index in [1.54, 1.807) is 6.20 Å². The lowest BCUT2D eigenvalue weighted by atomic mass is 10.4. The summed E-state index contributed by atoms with van der Waals surface area (Å²) in [5.41, 5.74) is 3.00. The number of hydrogen-bond acceptors (Lipinski definition) is 4. The Labute approximate surface area is 103 Å². The smallest absolute Gasteiger partial charge is 0.176 e. The van der Waals surface area contributed by atoms with Crippen molar-refractivity contribution in [3.8, 4) is 0 Å². The Balaban J connectivity index is 1.98. The number of hydrogen-bond donors (Lipinski definition) is 1. The summed E-state index contributed by atoms with van der Waals surface area (Å²) >= 11 is 3.18. The van der Waals surface area contributed by atoms with Gasteiger partial charge < -0.3 is 10.3 Å². The highest BCUT2D eigenvalue weighted by Crippen LogP contribution is 2.16. The van der Waals surface area contributed by atoms with Crippen molar-refractivity contribution in [3.05, 3.63) is 22.6 Å². The Morgan fingerprint density at radius 3 is 2.69 bits per heavy atom. The molecule has 0 bridgehead atoms. The highest BCUT2D eigenvalue weighted by Gasteiger charge is 2.15. The van der Waals surface area contributed by atoms with Crippen LogP contribution in [0.1, 0.15) is 0 Å².